The summed E-state index contributed by atoms with van der Waals surface area (Å²) in [4.78, 5) is 25.5. The van der Waals surface area contributed by atoms with E-state index in [2.05, 4.69) is 27.7 Å². The van der Waals surface area contributed by atoms with Crippen LogP contribution in [0.3, 0.4) is 0 Å². The number of ether oxygens (including phenoxy) is 2. The Morgan fingerprint density at radius 2 is 1.92 bits per heavy atom. The molecule has 0 amide bonds. The minimum atomic E-state index is -0.795. The van der Waals surface area contributed by atoms with Crippen LogP contribution in [0.4, 0.5) is 0 Å². The van der Waals surface area contributed by atoms with Crippen LogP contribution in [-0.4, -0.2) is 35.5 Å². The van der Waals surface area contributed by atoms with Crippen molar-refractivity contribution in [2.75, 3.05) is 0 Å². The zero-order chi connectivity index (χ0) is 17.7. The van der Waals surface area contributed by atoms with Gasteiger partial charge in [0, 0.05) is 17.3 Å². The Balaban J connectivity index is 1.73. The van der Waals surface area contributed by atoms with E-state index in [4.69, 9.17) is 9.47 Å². The van der Waals surface area contributed by atoms with Gasteiger partial charge in [0.25, 0.3) is 0 Å². The van der Waals surface area contributed by atoms with Crippen LogP contribution in [0.25, 0.3) is 0 Å². The lowest BCUT2D eigenvalue weighted by Crippen LogP contribution is -2.54. The molecule has 132 valence electrons. The van der Waals surface area contributed by atoms with Gasteiger partial charge in [-0.1, -0.05) is 45.4 Å². The molecule has 2 unspecified atom stereocenters. The maximum atomic E-state index is 13.0. The molecule has 4 aliphatic heterocycles. The molecule has 0 aromatic heterocycles. The summed E-state index contributed by atoms with van der Waals surface area (Å²) >= 11 is 0. The van der Waals surface area contributed by atoms with Crippen molar-refractivity contribution in [1.82, 2.24) is 0 Å². The predicted octanol–water partition coefficient (Wildman–Crippen LogP) is 2.78. The van der Waals surface area contributed by atoms with E-state index in [1.54, 1.807) is 12.2 Å². The number of rotatable bonds is 1. The first kappa shape index (κ1) is 15.7. The molecule has 4 nitrogen and oxygen atoms in total. The molecule has 1 saturated heterocycles. The summed E-state index contributed by atoms with van der Waals surface area (Å²) in [6.07, 6.45) is 7.37. The summed E-state index contributed by atoms with van der Waals surface area (Å²) in [5, 5.41) is 0. The van der Waals surface area contributed by atoms with Crippen molar-refractivity contribution in [3.8, 4) is 0 Å². The third-order valence-corrected chi connectivity index (χ3v) is 7.13. The fourth-order valence-electron chi connectivity index (χ4n) is 6.01. The minimum Gasteiger partial charge on any atom is -0.358 e. The van der Waals surface area contributed by atoms with Gasteiger partial charge in [0.2, 0.25) is 0 Å². The van der Waals surface area contributed by atoms with Crippen LogP contribution < -0.4 is 0 Å². The molecule has 4 heterocycles. The third-order valence-electron chi connectivity index (χ3n) is 7.13. The van der Waals surface area contributed by atoms with Crippen LogP contribution in [0, 0.1) is 23.2 Å². The fourth-order valence-corrected chi connectivity index (χ4v) is 6.01. The van der Waals surface area contributed by atoms with Gasteiger partial charge in [-0.2, -0.15) is 0 Å². The van der Waals surface area contributed by atoms with Crippen LogP contribution in [0.1, 0.15) is 34.1 Å². The molecule has 0 radical (unpaired) electrons. The number of ketones is 2. The second-order valence-corrected chi connectivity index (χ2v) is 8.96. The van der Waals surface area contributed by atoms with Gasteiger partial charge in [0.1, 0.15) is 11.7 Å². The number of hydrogen-bond acceptors (Lipinski definition) is 4. The molecule has 6 atom stereocenters. The predicted molar refractivity (Wildman–Crippen MR) is 91.8 cm³/mol. The second kappa shape index (κ2) is 4.60. The van der Waals surface area contributed by atoms with Crippen LogP contribution in [0.5, 0.6) is 0 Å². The van der Waals surface area contributed by atoms with Crippen molar-refractivity contribution in [3.05, 3.63) is 35.5 Å². The highest BCUT2D eigenvalue weighted by molar-refractivity contribution is 6.00. The van der Waals surface area contributed by atoms with E-state index in [1.165, 1.54) is 5.57 Å². The monoisotopic (exact) mass is 340 g/mol. The maximum absolute atomic E-state index is 13.0. The lowest BCUT2D eigenvalue weighted by Gasteiger charge is -2.48. The molecule has 4 bridgehead atoms. The van der Waals surface area contributed by atoms with Gasteiger partial charge in [-0.15, -0.1) is 0 Å². The second-order valence-electron chi connectivity index (χ2n) is 8.96. The van der Waals surface area contributed by atoms with Crippen LogP contribution >= 0.6 is 0 Å². The van der Waals surface area contributed by atoms with Gasteiger partial charge in [-0.25, -0.2) is 0 Å². The largest absolute Gasteiger partial charge is 0.358 e. The zero-order valence-corrected chi connectivity index (χ0v) is 15.1. The minimum absolute atomic E-state index is 0.0331. The highest BCUT2D eigenvalue weighted by Gasteiger charge is 2.68. The first-order valence-corrected chi connectivity index (χ1v) is 9.30. The van der Waals surface area contributed by atoms with Crippen molar-refractivity contribution in [2.45, 2.75) is 58.0 Å². The van der Waals surface area contributed by atoms with Gasteiger partial charge in [-0.05, 0) is 30.1 Å². The van der Waals surface area contributed by atoms with E-state index in [1.807, 2.05) is 12.2 Å². The van der Waals surface area contributed by atoms with Crippen LogP contribution in [-0.2, 0) is 19.1 Å². The summed E-state index contributed by atoms with van der Waals surface area (Å²) in [7, 11) is 0. The van der Waals surface area contributed by atoms with Crippen molar-refractivity contribution in [2.24, 2.45) is 23.2 Å². The standard InChI is InChI=1S/C21H24O4/c1-10(2)21-15(23)7-6-14(25-21)11-9-12-17(18(11)21)20(3,4)16-8-5-13(22)19(12)24-16/h5-8,10-11,14,16,18-19H,9H2,1-4H3/t11?,14-,16-,18?,19-,21+/m0/s1. The van der Waals surface area contributed by atoms with Crippen LogP contribution in [0.2, 0.25) is 0 Å². The van der Waals surface area contributed by atoms with Gasteiger partial charge in [0.05, 0.1) is 12.2 Å². The average molecular weight is 340 g/mol. The molecule has 0 aromatic rings. The average Bonchev–Trinajstić information content (AvgIpc) is 3.06. The Morgan fingerprint density at radius 3 is 2.64 bits per heavy atom. The molecule has 1 fully saturated rings. The number of carbonyl (C=O) groups is 2. The lowest BCUT2D eigenvalue weighted by molar-refractivity contribution is -0.150. The van der Waals surface area contributed by atoms with Gasteiger partial charge < -0.3 is 9.47 Å². The lowest BCUT2D eigenvalue weighted by atomic mass is 9.62. The summed E-state index contributed by atoms with van der Waals surface area (Å²) in [5.74, 6) is 0.461. The third kappa shape index (κ3) is 1.65. The van der Waals surface area contributed by atoms with Gasteiger partial charge in [0.15, 0.2) is 11.6 Å². The Bertz CT molecular complexity index is 784. The fraction of sp³-hybridized carbons (Fsp3) is 0.619. The van der Waals surface area contributed by atoms with Gasteiger partial charge >= 0.3 is 0 Å². The normalized spacial score (nSPS) is 46.0. The van der Waals surface area contributed by atoms with Crippen molar-refractivity contribution >= 4 is 11.6 Å². The SMILES string of the molecule is CC(C)[C@@]12O[C@@H](C=CC1=O)C1CC3=C(C12)C(C)(C)[C@@H]1C=CC(=O)[C@H]3O1. The van der Waals surface area contributed by atoms with E-state index in [0.29, 0.717) is 0 Å². The van der Waals surface area contributed by atoms with Crippen molar-refractivity contribution in [1.29, 1.82) is 0 Å². The number of fused-ring (bicyclic) bond motifs is 9. The Labute approximate surface area is 147 Å². The smallest absolute Gasteiger partial charge is 0.188 e. The Hall–Kier alpha value is -1.52. The van der Waals surface area contributed by atoms with Crippen molar-refractivity contribution in [3.63, 3.8) is 0 Å². The molecular formula is C21H24O4. The molecule has 0 spiro atoms. The van der Waals surface area contributed by atoms with E-state index in [0.717, 1.165) is 12.0 Å². The number of carbonyl (C=O) groups excluding carboxylic acids is 2. The topological polar surface area (TPSA) is 52.6 Å². The van der Waals surface area contributed by atoms with E-state index >= 15 is 0 Å². The molecule has 5 aliphatic rings. The number of hydrogen-bond donors (Lipinski definition) is 0. The summed E-state index contributed by atoms with van der Waals surface area (Å²) in [5.41, 5.74) is 1.33. The Kier molecular flexibility index (Phi) is 2.89. The maximum Gasteiger partial charge on any atom is 0.188 e. The summed E-state index contributed by atoms with van der Waals surface area (Å²) < 4.78 is 12.5. The molecule has 25 heavy (non-hydrogen) atoms. The molecular weight excluding hydrogens is 316 g/mol. The highest BCUT2D eigenvalue weighted by Crippen LogP contribution is 2.64. The van der Waals surface area contributed by atoms with Crippen LogP contribution in [0.15, 0.2) is 35.5 Å². The van der Waals surface area contributed by atoms with Crippen molar-refractivity contribution < 1.29 is 19.1 Å². The molecule has 0 aromatic carbocycles. The summed E-state index contributed by atoms with van der Waals surface area (Å²) in [6, 6.07) is 0. The van der Waals surface area contributed by atoms with Gasteiger partial charge in [-0.3, -0.25) is 9.59 Å². The molecule has 0 saturated carbocycles. The summed E-state index contributed by atoms with van der Waals surface area (Å²) in [6.45, 7) is 8.51. The van der Waals surface area contributed by atoms with E-state index in [9.17, 15) is 9.59 Å². The van der Waals surface area contributed by atoms with E-state index in [-0.39, 0.29) is 46.9 Å². The Morgan fingerprint density at radius 1 is 1.16 bits per heavy atom. The van der Waals surface area contributed by atoms with E-state index < -0.39 is 11.7 Å². The molecule has 4 heteroatoms. The molecule has 5 rings (SSSR count). The quantitative estimate of drug-likeness (QED) is 0.689. The zero-order valence-electron chi connectivity index (χ0n) is 15.1. The first-order valence-electron chi connectivity index (χ1n) is 9.30. The highest BCUT2D eigenvalue weighted by atomic mass is 16.5. The molecule has 1 aliphatic carbocycles. The molecule has 0 N–H and O–H groups in total. The first-order chi connectivity index (χ1) is 11.8.